The zero-order valence-corrected chi connectivity index (χ0v) is 19.9. The first-order chi connectivity index (χ1) is 16.0. The van der Waals surface area contributed by atoms with Crippen molar-refractivity contribution < 1.29 is 4.79 Å². The number of aryl methyl sites for hydroxylation is 2. The molecule has 1 amide bonds. The number of carbonyl (C=O) groups excluding carboxylic acids is 1. The Bertz CT molecular complexity index is 1040. The van der Waals surface area contributed by atoms with Gasteiger partial charge in [0.2, 0.25) is 0 Å². The Morgan fingerprint density at radius 3 is 2.39 bits per heavy atom. The fraction of sp³-hybridized carbons (Fsp3) is 0.407. The number of nitrogens with zero attached hydrogens (tertiary/aromatic N) is 3. The standard InChI is InChI=1S/C27H35N5O/c1-20-19-21(2)32(30-20)18-15-28-25-13-16-31(17-14-25)26-11-9-24(10-12-26)27(33)29-22(3)23-7-5-4-6-8-23/h4-12,19,22,25,28H,13-18H2,1-3H3,(H,29,33). The van der Waals surface area contributed by atoms with E-state index in [1.807, 2.05) is 56.3 Å². The Balaban J connectivity index is 1.22. The Labute approximate surface area is 197 Å². The van der Waals surface area contributed by atoms with Gasteiger partial charge < -0.3 is 15.5 Å². The van der Waals surface area contributed by atoms with Crippen LogP contribution >= 0.6 is 0 Å². The van der Waals surface area contributed by atoms with Crippen LogP contribution in [0.1, 0.15) is 53.1 Å². The molecule has 174 valence electrons. The molecule has 1 saturated heterocycles. The lowest BCUT2D eigenvalue weighted by atomic mass is 10.0. The first-order valence-electron chi connectivity index (χ1n) is 11.9. The first kappa shape index (κ1) is 23.1. The van der Waals surface area contributed by atoms with E-state index in [4.69, 9.17) is 0 Å². The molecular weight excluding hydrogens is 410 g/mol. The number of nitrogens with one attached hydrogen (secondary N) is 2. The highest BCUT2D eigenvalue weighted by atomic mass is 16.1. The van der Waals surface area contributed by atoms with Crippen molar-refractivity contribution in [3.05, 3.63) is 83.2 Å². The average Bonchev–Trinajstić information content (AvgIpc) is 3.16. The van der Waals surface area contributed by atoms with Crippen LogP contribution in [0.4, 0.5) is 5.69 Å². The van der Waals surface area contributed by atoms with E-state index >= 15 is 0 Å². The van der Waals surface area contributed by atoms with Crippen molar-refractivity contribution in [3.8, 4) is 0 Å². The number of anilines is 1. The van der Waals surface area contributed by atoms with Crippen LogP contribution in [0, 0.1) is 13.8 Å². The number of carbonyl (C=O) groups is 1. The van der Waals surface area contributed by atoms with Crippen LogP contribution in [0.15, 0.2) is 60.7 Å². The van der Waals surface area contributed by atoms with Crippen molar-refractivity contribution in [2.75, 3.05) is 24.5 Å². The predicted octanol–water partition coefficient (Wildman–Crippen LogP) is 4.25. The molecule has 0 radical (unpaired) electrons. The highest BCUT2D eigenvalue weighted by Crippen LogP contribution is 2.21. The molecule has 1 atom stereocenters. The molecule has 0 bridgehead atoms. The third-order valence-electron chi connectivity index (χ3n) is 6.50. The monoisotopic (exact) mass is 445 g/mol. The maximum Gasteiger partial charge on any atom is 0.251 e. The molecule has 4 rings (SSSR count). The molecule has 2 N–H and O–H groups in total. The summed E-state index contributed by atoms with van der Waals surface area (Å²) in [6, 6.07) is 20.7. The predicted molar refractivity (Wildman–Crippen MR) is 134 cm³/mol. The molecule has 0 saturated carbocycles. The van der Waals surface area contributed by atoms with Gasteiger partial charge in [-0.25, -0.2) is 0 Å². The fourth-order valence-electron chi connectivity index (χ4n) is 4.55. The van der Waals surface area contributed by atoms with E-state index in [-0.39, 0.29) is 11.9 Å². The largest absolute Gasteiger partial charge is 0.371 e. The number of benzene rings is 2. The van der Waals surface area contributed by atoms with E-state index in [9.17, 15) is 4.79 Å². The van der Waals surface area contributed by atoms with Gasteiger partial charge in [0.05, 0.1) is 18.3 Å². The SMILES string of the molecule is Cc1cc(C)n(CCNC2CCN(c3ccc(C(=O)NC(C)c4ccccc4)cc3)CC2)n1. The van der Waals surface area contributed by atoms with Gasteiger partial charge in [0.25, 0.3) is 5.91 Å². The van der Waals surface area contributed by atoms with Gasteiger partial charge in [-0.1, -0.05) is 30.3 Å². The van der Waals surface area contributed by atoms with Gasteiger partial charge in [-0.2, -0.15) is 5.10 Å². The van der Waals surface area contributed by atoms with Crippen LogP contribution in [0.2, 0.25) is 0 Å². The third-order valence-corrected chi connectivity index (χ3v) is 6.50. The maximum atomic E-state index is 12.6. The molecule has 33 heavy (non-hydrogen) atoms. The minimum Gasteiger partial charge on any atom is -0.371 e. The zero-order valence-electron chi connectivity index (χ0n) is 19.9. The summed E-state index contributed by atoms with van der Waals surface area (Å²) in [5.74, 6) is -0.0385. The minimum absolute atomic E-state index is 0.0221. The smallest absolute Gasteiger partial charge is 0.251 e. The van der Waals surface area contributed by atoms with E-state index in [1.54, 1.807) is 0 Å². The summed E-state index contributed by atoms with van der Waals surface area (Å²) in [5.41, 5.74) is 5.28. The molecule has 0 spiro atoms. The summed E-state index contributed by atoms with van der Waals surface area (Å²) in [4.78, 5) is 15.1. The van der Waals surface area contributed by atoms with E-state index in [0.29, 0.717) is 11.6 Å². The molecule has 6 nitrogen and oxygen atoms in total. The summed E-state index contributed by atoms with van der Waals surface area (Å²) < 4.78 is 2.08. The molecule has 1 aliphatic heterocycles. The van der Waals surface area contributed by atoms with Gasteiger partial charge in [-0.15, -0.1) is 0 Å². The Morgan fingerprint density at radius 1 is 1.06 bits per heavy atom. The highest BCUT2D eigenvalue weighted by Gasteiger charge is 2.19. The summed E-state index contributed by atoms with van der Waals surface area (Å²) in [6.07, 6.45) is 2.24. The second-order valence-electron chi connectivity index (χ2n) is 9.02. The summed E-state index contributed by atoms with van der Waals surface area (Å²) in [5, 5.41) is 11.3. The molecule has 2 heterocycles. The lowest BCUT2D eigenvalue weighted by Gasteiger charge is -2.34. The summed E-state index contributed by atoms with van der Waals surface area (Å²) in [6.45, 7) is 10.1. The molecule has 6 heteroatoms. The zero-order chi connectivity index (χ0) is 23.2. The van der Waals surface area contributed by atoms with Gasteiger partial charge in [-0.3, -0.25) is 9.48 Å². The first-order valence-corrected chi connectivity index (χ1v) is 11.9. The molecular formula is C27H35N5O. The maximum absolute atomic E-state index is 12.6. The normalized spacial score (nSPS) is 15.4. The van der Waals surface area contributed by atoms with Gasteiger partial charge in [0.15, 0.2) is 0 Å². The Kier molecular flexibility index (Phi) is 7.45. The van der Waals surface area contributed by atoms with Crippen molar-refractivity contribution >= 4 is 11.6 Å². The molecule has 1 fully saturated rings. The Morgan fingerprint density at radius 2 is 1.76 bits per heavy atom. The second-order valence-corrected chi connectivity index (χ2v) is 9.02. The van der Waals surface area contributed by atoms with Crippen LogP contribution in [-0.4, -0.2) is 41.4 Å². The molecule has 1 aliphatic rings. The van der Waals surface area contributed by atoms with Gasteiger partial charge in [0.1, 0.15) is 0 Å². The van der Waals surface area contributed by atoms with Crippen LogP contribution in [-0.2, 0) is 6.54 Å². The minimum atomic E-state index is -0.0385. The highest BCUT2D eigenvalue weighted by molar-refractivity contribution is 5.94. The molecule has 1 unspecified atom stereocenters. The number of rotatable bonds is 8. The quantitative estimate of drug-likeness (QED) is 0.544. The van der Waals surface area contributed by atoms with Crippen LogP contribution in [0.5, 0.6) is 0 Å². The molecule has 2 aromatic carbocycles. The van der Waals surface area contributed by atoms with Crippen molar-refractivity contribution in [1.82, 2.24) is 20.4 Å². The topological polar surface area (TPSA) is 62.2 Å². The summed E-state index contributed by atoms with van der Waals surface area (Å²) in [7, 11) is 0. The fourth-order valence-corrected chi connectivity index (χ4v) is 4.55. The van der Waals surface area contributed by atoms with Crippen molar-refractivity contribution in [2.24, 2.45) is 0 Å². The van der Waals surface area contributed by atoms with E-state index in [2.05, 4.69) is 50.4 Å². The van der Waals surface area contributed by atoms with Gasteiger partial charge in [-0.05, 0) is 69.5 Å². The van der Waals surface area contributed by atoms with E-state index in [1.165, 1.54) is 11.4 Å². The van der Waals surface area contributed by atoms with E-state index < -0.39 is 0 Å². The van der Waals surface area contributed by atoms with Crippen LogP contribution in [0.25, 0.3) is 0 Å². The lowest BCUT2D eigenvalue weighted by Crippen LogP contribution is -2.43. The summed E-state index contributed by atoms with van der Waals surface area (Å²) >= 11 is 0. The van der Waals surface area contributed by atoms with Crippen molar-refractivity contribution in [2.45, 2.75) is 52.2 Å². The average molecular weight is 446 g/mol. The Hall–Kier alpha value is -3.12. The molecule has 0 aliphatic carbocycles. The number of aromatic nitrogens is 2. The van der Waals surface area contributed by atoms with E-state index in [0.717, 1.165) is 50.3 Å². The number of piperidine rings is 1. The number of hydrogen-bond acceptors (Lipinski definition) is 4. The van der Waals surface area contributed by atoms with Gasteiger partial charge in [0, 0.05) is 42.6 Å². The molecule has 3 aromatic rings. The van der Waals surface area contributed by atoms with Gasteiger partial charge >= 0.3 is 0 Å². The van der Waals surface area contributed by atoms with Crippen LogP contribution in [0.3, 0.4) is 0 Å². The molecule has 1 aromatic heterocycles. The number of amides is 1. The van der Waals surface area contributed by atoms with Crippen molar-refractivity contribution in [3.63, 3.8) is 0 Å². The second kappa shape index (κ2) is 10.7. The third kappa shape index (κ3) is 6.02. The number of hydrogen-bond donors (Lipinski definition) is 2. The van der Waals surface area contributed by atoms with Crippen LogP contribution < -0.4 is 15.5 Å². The lowest BCUT2D eigenvalue weighted by molar-refractivity contribution is 0.0940. The van der Waals surface area contributed by atoms with Crippen molar-refractivity contribution in [1.29, 1.82) is 0 Å².